The molecule has 102 valence electrons. The lowest BCUT2D eigenvalue weighted by Gasteiger charge is -2.23. The summed E-state index contributed by atoms with van der Waals surface area (Å²) >= 11 is 5.84. The molecule has 4 nitrogen and oxygen atoms in total. The highest BCUT2D eigenvalue weighted by Crippen LogP contribution is 2.17. The van der Waals surface area contributed by atoms with Crippen LogP contribution in [0.3, 0.4) is 0 Å². The Kier molecular flexibility index (Phi) is 6.36. The fourth-order valence-corrected chi connectivity index (χ4v) is 1.84. The average molecular weight is 272 g/mol. The van der Waals surface area contributed by atoms with Gasteiger partial charge in [-0.2, -0.15) is 0 Å². The normalized spacial score (nSPS) is 11.0. The lowest BCUT2D eigenvalue weighted by molar-refractivity contribution is 0.205. The summed E-state index contributed by atoms with van der Waals surface area (Å²) in [5.74, 6) is 2.71. The Morgan fingerprint density at radius 2 is 2.06 bits per heavy atom. The number of anilines is 1. The molecule has 0 aliphatic rings. The molecule has 5 heteroatoms. The van der Waals surface area contributed by atoms with Crippen molar-refractivity contribution in [2.45, 2.75) is 26.7 Å². The van der Waals surface area contributed by atoms with Crippen LogP contribution in [0.15, 0.2) is 6.07 Å². The molecule has 1 aromatic rings. The topological polar surface area (TPSA) is 38.2 Å². The second kappa shape index (κ2) is 7.54. The summed E-state index contributed by atoms with van der Waals surface area (Å²) in [6, 6.07) is 1.99. The van der Waals surface area contributed by atoms with Gasteiger partial charge in [0, 0.05) is 43.8 Å². The molecule has 18 heavy (non-hydrogen) atoms. The monoisotopic (exact) mass is 271 g/mol. The molecule has 0 fully saturated rings. The maximum atomic E-state index is 5.84. The molecule has 1 aromatic heterocycles. The molecule has 1 heterocycles. The van der Waals surface area contributed by atoms with Gasteiger partial charge >= 0.3 is 0 Å². The summed E-state index contributed by atoms with van der Waals surface area (Å²) in [7, 11) is 1.70. The summed E-state index contributed by atoms with van der Waals surface area (Å²) < 4.78 is 5.12. The number of nitrogens with zero attached hydrogens (tertiary/aromatic N) is 3. The zero-order chi connectivity index (χ0) is 13.5. The number of methoxy groups -OCH3 is 1. The fraction of sp³-hybridized carbons (Fsp3) is 0.692. The molecule has 0 N–H and O–H groups in total. The number of hydrogen-bond acceptors (Lipinski definition) is 4. The summed E-state index contributed by atoms with van der Waals surface area (Å²) in [5.41, 5.74) is 0.987. The molecule has 0 aliphatic heterocycles. The maximum absolute atomic E-state index is 5.84. The van der Waals surface area contributed by atoms with Crippen LogP contribution in [0.4, 0.5) is 5.82 Å². The van der Waals surface area contributed by atoms with Crippen LogP contribution >= 0.6 is 11.6 Å². The summed E-state index contributed by atoms with van der Waals surface area (Å²) in [6.07, 6.45) is 0. The molecule has 0 radical (unpaired) electrons. The lowest BCUT2D eigenvalue weighted by Crippen LogP contribution is -2.30. The highest BCUT2D eigenvalue weighted by atomic mass is 35.5. The zero-order valence-electron chi connectivity index (χ0n) is 11.6. The van der Waals surface area contributed by atoms with Gasteiger partial charge in [0.25, 0.3) is 0 Å². The van der Waals surface area contributed by atoms with Gasteiger partial charge in [0.1, 0.15) is 11.6 Å². The smallest absolute Gasteiger partial charge is 0.133 e. The Morgan fingerprint density at radius 1 is 1.33 bits per heavy atom. The number of aryl methyl sites for hydroxylation is 1. The first-order valence-corrected chi connectivity index (χ1v) is 6.77. The first-order valence-electron chi connectivity index (χ1n) is 6.24. The molecule has 0 spiro atoms. The van der Waals surface area contributed by atoms with Gasteiger partial charge in [-0.1, -0.05) is 13.8 Å². The third kappa shape index (κ3) is 4.42. The van der Waals surface area contributed by atoms with Gasteiger partial charge in [-0.3, -0.25) is 0 Å². The van der Waals surface area contributed by atoms with Crippen molar-refractivity contribution in [2.24, 2.45) is 0 Å². The van der Waals surface area contributed by atoms with Crippen molar-refractivity contribution >= 4 is 17.4 Å². The van der Waals surface area contributed by atoms with E-state index in [1.54, 1.807) is 7.11 Å². The van der Waals surface area contributed by atoms with E-state index in [0.717, 1.165) is 30.4 Å². The van der Waals surface area contributed by atoms with Crippen molar-refractivity contribution in [1.29, 1.82) is 0 Å². The molecule has 0 aliphatic carbocycles. The van der Waals surface area contributed by atoms with E-state index < -0.39 is 0 Å². The Morgan fingerprint density at radius 3 is 2.61 bits per heavy atom. The van der Waals surface area contributed by atoms with Crippen LogP contribution in [0.2, 0.25) is 0 Å². The minimum Gasteiger partial charge on any atom is -0.383 e. The number of alkyl halides is 1. The standard InChI is InChI=1S/C13H22ClN3O/c1-10(2)13-15-11(3)9-12(16-13)17(6-5-14)7-8-18-4/h9-10H,5-8H2,1-4H3. The van der Waals surface area contributed by atoms with Crippen molar-refractivity contribution in [1.82, 2.24) is 9.97 Å². The summed E-state index contributed by atoms with van der Waals surface area (Å²) in [5, 5.41) is 0. The molecule has 0 aromatic carbocycles. The van der Waals surface area contributed by atoms with Gasteiger partial charge in [-0.05, 0) is 6.92 Å². The number of rotatable bonds is 7. The van der Waals surface area contributed by atoms with Gasteiger partial charge < -0.3 is 9.64 Å². The predicted molar refractivity (Wildman–Crippen MR) is 75.7 cm³/mol. The molecule has 0 atom stereocenters. The van der Waals surface area contributed by atoms with Crippen molar-refractivity contribution in [3.63, 3.8) is 0 Å². The van der Waals surface area contributed by atoms with Crippen LogP contribution in [0, 0.1) is 6.92 Å². The second-order valence-electron chi connectivity index (χ2n) is 4.55. The zero-order valence-corrected chi connectivity index (χ0v) is 12.4. The van der Waals surface area contributed by atoms with Gasteiger partial charge in [-0.25, -0.2) is 9.97 Å². The minimum atomic E-state index is 0.323. The number of ether oxygens (including phenoxy) is 1. The second-order valence-corrected chi connectivity index (χ2v) is 4.93. The molecular formula is C13H22ClN3O. The predicted octanol–water partition coefficient (Wildman–Crippen LogP) is 2.60. The molecule has 0 saturated carbocycles. The number of aromatic nitrogens is 2. The first kappa shape index (κ1) is 15.2. The number of halogens is 1. The molecule has 0 bridgehead atoms. The van der Waals surface area contributed by atoms with E-state index in [4.69, 9.17) is 16.3 Å². The van der Waals surface area contributed by atoms with Crippen LogP contribution in [-0.2, 0) is 4.74 Å². The summed E-state index contributed by atoms with van der Waals surface area (Å²) in [6.45, 7) is 8.40. The highest BCUT2D eigenvalue weighted by molar-refractivity contribution is 6.18. The van der Waals surface area contributed by atoms with E-state index in [1.165, 1.54) is 0 Å². The van der Waals surface area contributed by atoms with E-state index in [2.05, 4.69) is 28.7 Å². The summed E-state index contributed by atoms with van der Waals surface area (Å²) in [4.78, 5) is 11.2. The Bertz CT molecular complexity index is 371. The average Bonchev–Trinajstić information content (AvgIpc) is 2.33. The molecular weight excluding hydrogens is 250 g/mol. The van der Waals surface area contributed by atoms with Gasteiger partial charge in [0.15, 0.2) is 0 Å². The lowest BCUT2D eigenvalue weighted by atomic mass is 10.2. The molecule has 1 rings (SSSR count). The van der Waals surface area contributed by atoms with Crippen molar-refractivity contribution < 1.29 is 4.74 Å². The van der Waals surface area contributed by atoms with E-state index in [0.29, 0.717) is 18.4 Å². The molecule has 0 amide bonds. The van der Waals surface area contributed by atoms with Crippen LogP contribution < -0.4 is 4.90 Å². The van der Waals surface area contributed by atoms with E-state index in [9.17, 15) is 0 Å². The fourth-order valence-electron chi connectivity index (χ4n) is 1.64. The van der Waals surface area contributed by atoms with E-state index >= 15 is 0 Å². The van der Waals surface area contributed by atoms with Gasteiger partial charge in [0.05, 0.1) is 6.61 Å². The van der Waals surface area contributed by atoms with Crippen LogP contribution in [0.1, 0.15) is 31.3 Å². The number of hydrogen-bond donors (Lipinski definition) is 0. The third-order valence-electron chi connectivity index (χ3n) is 2.62. The maximum Gasteiger partial charge on any atom is 0.133 e. The van der Waals surface area contributed by atoms with Gasteiger partial charge in [-0.15, -0.1) is 11.6 Å². The molecule has 0 saturated heterocycles. The first-order chi connectivity index (χ1) is 8.58. The van der Waals surface area contributed by atoms with Crippen LogP contribution in [0.25, 0.3) is 0 Å². The van der Waals surface area contributed by atoms with Crippen LogP contribution in [-0.4, -0.2) is 42.7 Å². The quantitative estimate of drug-likeness (QED) is 0.715. The van der Waals surface area contributed by atoms with Crippen molar-refractivity contribution in [2.75, 3.05) is 37.6 Å². The Balaban J connectivity index is 2.95. The van der Waals surface area contributed by atoms with Crippen molar-refractivity contribution in [3.8, 4) is 0 Å². The Labute approximate surface area is 114 Å². The highest BCUT2D eigenvalue weighted by Gasteiger charge is 2.11. The van der Waals surface area contributed by atoms with E-state index in [-0.39, 0.29) is 0 Å². The third-order valence-corrected chi connectivity index (χ3v) is 2.79. The molecule has 0 unspecified atom stereocenters. The Hall–Kier alpha value is -0.870. The van der Waals surface area contributed by atoms with Gasteiger partial charge in [0.2, 0.25) is 0 Å². The largest absolute Gasteiger partial charge is 0.383 e. The SMILES string of the molecule is COCCN(CCCl)c1cc(C)nc(C(C)C)n1. The van der Waals surface area contributed by atoms with Crippen molar-refractivity contribution in [3.05, 3.63) is 17.6 Å². The minimum absolute atomic E-state index is 0.323. The van der Waals surface area contributed by atoms with E-state index in [1.807, 2.05) is 13.0 Å². The van der Waals surface area contributed by atoms with Crippen LogP contribution in [0.5, 0.6) is 0 Å².